The Morgan fingerprint density at radius 1 is 0.848 bits per heavy atom. The molecule has 0 saturated heterocycles. The predicted molar refractivity (Wildman–Crippen MR) is 132 cm³/mol. The summed E-state index contributed by atoms with van der Waals surface area (Å²) in [5.41, 5.74) is 12.0. The van der Waals surface area contributed by atoms with Gasteiger partial charge in [-0.2, -0.15) is 25.3 Å². The lowest BCUT2D eigenvalue weighted by Gasteiger charge is -2.23. The molecule has 1 rings (SSSR count). The Morgan fingerprint density at radius 2 is 1.36 bits per heavy atom. The van der Waals surface area contributed by atoms with Crippen molar-refractivity contribution in [2.24, 2.45) is 11.5 Å². The van der Waals surface area contributed by atoms with E-state index in [4.69, 9.17) is 11.5 Å². The first kappa shape index (κ1) is 28.8. The number of benzene rings is 1. The zero-order chi connectivity index (χ0) is 24.8. The third-order valence-electron chi connectivity index (χ3n) is 4.83. The minimum absolute atomic E-state index is 0.0280. The maximum atomic E-state index is 12.6. The number of nitrogens with one attached hydrogen (secondary N) is 3. The van der Waals surface area contributed by atoms with Crippen molar-refractivity contribution in [2.45, 2.75) is 49.9 Å². The summed E-state index contributed by atoms with van der Waals surface area (Å²) in [5, 5.41) is 16.9. The zero-order valence-electron chi connectivity index (χ0n) is 18.3. The van der Waals surface area contributed by atoms with E-state index in [1.165, 1.54) is 0 Å². The first-order valence-electron chi connectivity index (χ1n) is 10.6. The van der Waals surface area contributed by atoms with E-state index >= 15 is 0 Å². The summed E-state index contributed by atoms with van der Waals surface area (Å²) in [5.74, 6) is -3.19. The van der Waals surface area contributed by atoms with Crippen LogP contribution in [-0.4, -0.2) is 71.0 Å². The van der Waals surface area contributed by atoms with E-state index in [-0.39, 0.29) is 17.9 Å². The summed E-state index contributed by atoms with van der Waals surface area (Å²) in [6.45, 7) is 0.497. The summed E-state index contributed by atoms with van der Waals surface area (Å²) in [4.78, 5) is 49.1. The normalized spacial score (nSPS) is 14.4. The van der Waals surface area contributed by atoms with Gasteiger partial charge in [-0.25, -0.2) is 4.79 Å². The van der Waals surface area contributed by atoms with E-state index in [0.717, 1.165) is 12.0 Å². The highest BCUT2D eigenvalue weighted by Crippen LogP contribution is 2.05. The van der Waals surface area contributed by atoms with E-state index in [0.29, 0.717) is 19.4 Å². The first-order valence-corrected chi connectivity index (χ1v) is 11.8. The number of hydrogen-bond acceptors (Lipinski definition) is 8. The number of aliphatic carboxylic acids is 1. The third-order valence-corrected chi connectivity index (χ3v) is 5.56. The van der Waals surface area contributed by atoms with E-state index in [2.05, 4.69) is 41.2 Å². The number of carboxylic acid groups (broad SMARTS) is 1. The number of hydrogen-bond donors (Lipinski definition) is 8. The van der Waals surface area contributed by atoms with Crippen LogP contribution < -0.4 is 27.4 Å². The van der Waals surface area contributed by atoms with E-state index in [1.807, 2.05) is 0 Å². The summed E-state index contributed by atoms with van der Waals surface area (Å²) in [6, 6.07) is 4.70. The molecule has 3 amide bonds. The van der Waals surface area contributed by atoms with Gasteiger partial charge in [0.05, 0.1) is 6.04 Å². The van der Waals surface area contributed by atoms with Gasteiger partial charge in [-0.15, -0.1) is 0 Å². The van der Waals surface area contributed by atoms with Crippen molar-refractivity contribution in [3.05, 3.63) is 35.9 Å². The van der Waals surface area contributed by atoms with Crippen molar-refractivity contribution in [1.29, 1.82) is 0 Å². The summed E-state index contributed by atoms with van der Waals surface area (Å²) < 4.78 is 0. The molecule has 12 heteroatoms. The number of nitrogens with two attached hydrogens (primary N) is 2. The SMILES string of the molecule is NCCCCC(N)C(=O)NC(CS)C(=O)NC(CS)C(=O)NC(Cc1ccccc1)C(=O)O. The lowest BCUT2D eigenvalue weighted by atomic mass is 10.1. The minimum Gasteiger partial charge on any atom is -0.480 e. The second-order valence-electron chi connectivity index (χ2n) is 7.47. The largest absolute Gasteiger partial charge is 0.480 e. The Labute approximate surface area is 204 Å². The fourth-order valence-electron chi connectivity index (χ4n) is 2.90. The van der Waals surface area contributed by atoms with Crippen molar-refractivity contribution in [2.75, 3.05) is 18.1 Å². The Morgan fingerprint density at radius 3 is 1.85 bits per heavy atom. The fourth-order valence-corrected chi connectivity index (χ4v) is 3.42. The van der Waals surface area contributed by atoms with Gasteiger partial charge in [-0.3, -0.25) is 14.4 Å². The maximum Gasteiger partial charge on any atom is 0.326 e. The molecule has 0 aliphatic carbocycles. The molecule has 0 bridgehead atoms. The van der Waals surface area contributed by atoms with Gasteiger partial charge >= 0.3 is 5.97 Å². The lowest BCUT2D eigenvalue weighted by molar-refractivity contribution is -0.142. The summed E-state index contributed by atoms with van der Waals surface area (Å²) >= 11 is 8.19. The van der Waals surface area contributed by atoms with Crippen LogP contribution in [-0.2, 0) is 25.6 Å². The molecule has 0 aromatic heterocycles. The van der Waals surface area contributed by atoms with Crippen molar-refractivity contribution < 1.29 is 24.3 Å². The van der Waals surface area contributed by atoms with Gasteiger partial charge in [0.2, 0.25) is 17.7 Å². The average molecular weight is 500 g/mol. The van der Waals surface area contributed by atoms with Gasteiger partial charge in [0.25, 0.3) is 0 Å². The number of carboxylic acids is 1. The standard InChI is InChI=1S/C21H33N5O5S2/c22-9-5-4-8-14(23)18(27)25-16(11-32)20(29)26-17(12-33)19(28)24-15(21(30)31)10-13-6-2-1-3-7-13/h1-3,6-7,14-17,32-33H,4-5,8-12,22-23H2,(H,24,28)(H,25,27)(H,26,29)(H,30,31). The fraction of sp³-hybridized carbons (Fsp3) is 0.524. The highest BCUT2D eigenvalue weighted by molar-refractivity contribution is 7.80. The number of carbonyl (C=O) groups is 4. The topological polar surface area (TPSA) is 177 Å². The van der Waals surface area contributed by atoms with E-state index in [9.17, 15) is 24.3 Å². The molecule has 184 valence electrons. The van der Waals surface area contributed by atoms with Crippen LogP contribution in [0.3, 0.4) is 0 Å². The number of thiol groups is 2. The van der Waals surface area contributed by atoms with Crippen molar-refractivity contribution in [3.63, 3.8) is 0 Å². The molecule has 10 nitrogen and oxygen atoms in total. The second-order valence-corrected chi connectivity index (χ2v) is 8.20. The third kappa shape index (κ3) is 10.5. The highest BCUT2D eigenvalue weighted by Gasteiger charge is 2.29. The van der Waals surface area contributed by atoms with Crippen LogP contribution in [0.1, 0.15) is 24.8 Å². The van der Waals surface area contributed by atoms with Crippen LogP contribution in [0.5, 0.6) is 0 Å². The maximum absolute atomic E-state index is 12.6. The number of rotatable bonds is 15. The molecule has 0 heterocycles. The van der Waals surface area contributed by atoms with E-state index < -0.39 is 47.9 Å². The number of carbonyl (C=O) groups excluding carboxylic acids is 3. The Bertz CT molecular complexity index is 784. The van der Waals surface area contributed by atoms with Crippen LogP contribution in [0.2, 0.25) is 0 Å². The van der Waals surface area contributed by atoms with Crippen LogP contribution >= 0.6 is 25.3 Å². The van der Waals surface area contributed by atoms with Crippen molar-refractivity contribution in [1.82, 2.24) is 16.0 Å². The van der Waals surface area contributed by atoms with Gasteiger partial charge in [-0.05, 0) is 24.9 Å². The molecule has 4 atom stereocenters. The van der Waals surface area contributed by atoms with Crippen molar-refractivity contribution >= 4 is 48.9 Å². The van der Waals surface area contributed by atoms with Crippen LogP contribution in [0, 0.1) is 0 Å². The van der Waals surface area contributed by atoms with Gasteiger partial charge in [-0.1, -0.05) is 36.8 Å². The Kier molecular flexibility index (Phi) is 13.5. The molecule has 8 N–H and O–H groups in total. The van der Waals surface area contributed by atoms with Crippen LogP contribution in [0.15, 0.2) is 30.3 Å². The van der Waals surface area contributed by atoms with Crippen LogP contribution in [0.25, 0.3) is 0 Å². The monoisotopic (exact) mass is 499 g/mol. The molecule has 1 aromatic carbocycles. The molecule has 0 aliphatic rings. The van der Waals surface area contributed by atoms with Gasteiger partial charge in [0.1, 0.15) is 18.1 Å². The molecule has 0 saturated carbocycles. The van der Waals surface area contributed by atoms with Crippen molar-refractivity contribution in [3.8, 4) is 0 Å². The lowest BCUT2D eigenvalue weighted by Crippen LogP contribution is -2.58. The van der Waals surface area contributed by atoms with Gasteiger partial charge < -0.3 is 32.5 Å². The first-order chi connectivity index (χ1) is 15.7. The Hall–Kier alpha value is -2.28. The molecule has 0 spiro atoms. The zero-order valence-corrected chi connectivity index (χ0v) is 20.1. The molecule has 0 fully saturated rings. The molecular formula is C21H33N5O5S2. The number of amides is 3. The number of unbranched alkanes of at least 4 members (excludes halogenated alkanes) is 1. The van der Waals surface area contributed by atoms with Gasteiger partial charge in [0.15, 0.2) is 0 Å². The predicted octanol–water partition coefficient (Wildman–Crippen LogP) is -0.916. The molecule has 1 aromatic rings. The molecule has 33 heavy (non-hydrogen) atoms. The smallest absolute Gasteiger partial charge is 0.326 e. The molecule has 4 unspecified atom stereocenters. The quantitative estimate of drug-likeness (QED) is 0.114. The average Bonchev–Trinajstić information content (AvgIpc) is 2.80. The Balaban J connectivity index is 2.70. The molecule has 0 radical (unpaired) electrons. The molecule has 0 aliphatic heterocycles. The van der Waals surface area contributed by atoms with Gasteiger partial charge in [0, 0.05) is 17.9 Å². The van der Waals surface area contributed by atoms with E-state index in [1.54, 1.807) is 30.3 Å². The molecular weight excluding hydrogens is 466 g/mol. The van der Waals surface area contributed by atoms with Crippen LogP contribution in [0.4, 0.5) is 0 Å². The minimum atomic E-state index is -1.21. The highest BCUT2D eigenvalue weighted by atomic mass is 32.1. The summed E-state index contributed by atoms with van der Waals surface area (Å²) in [6.07, 6.45) is 1.91. The summed E-state index contributed by atoms with van der Waals surface area (Å²) in [7, 11) is 0. The second kappa shape index (κ2) is 15.5.